The predicted octanol–water partition coefficient (Wildman–Crippen LogP) is 3.11. The molecule has 0 amide bonds. The first-order chi connectivity index (χ1) is 10.3. The fourth-order valence-corrected chi connectivity index (χ4v) is 3.36. The number of pyridine rings is 1. The van der Waals surface area contributed by atoms with Crippen LogP contribution in [0.5, 0.6) is 0 Å². The van der Waals surface area contributed by atoms with Gasteiger partial charge < -0.3 is 5.73 Å². The normalized spacial score (nSPS) is 22.3. The third kappa shape index (κ3) is 3.13. The fraction of sp³-hybridized carbons (Fsp3) is 0.444. The number of nitrogens with two attached hydrogens (primary N) is 1. The van der Waals surface area contributed by atoms with Crippen molar-refractivity contribution in [2.24, 2.45) is 17.6 Å². The molecule has 0 spiro atoms. The van der Waals surface area contributed by atoms with Crippen LogP contribution in [0.2, 0.25) is 0 Å². The maximum atomic E-state index is 12.6. The molecule has 0 saturated heterocycles. The van der Waals surface area contributed by atoms with Gasteiger partial charge >= 0.3 is 0 Å². The van der Waals surface area contributed by atoms with Gasteiger partial charge in [-0.05, 0) is 55.8 Å². The molecule has 0 bridgehead atoms. The Morgan fingerprint density at radius 1 is 1.14 bits per heavy atom. The zero-order valence-corrected chi connectivity index (χ0v) is 12.3. The SMILES string of the molecule is NCC1CCC(C(=O)Cc2ccnc3ccccc23)CC1. The molecule has 1 saturated carbocycles. The number of Topliss-reactive ketones (excluding diaryl/α,β-unsaturated/α-hetero) is 1. The van der Waals surface area contributed by atoms with Crippen LogP contribution in [0, 0.1) is 11.8 Å². The van der Waals surface area contributed by atoms with Gasteiger partial charge in [-0.15, -0.1) is 0 Å². The number of rotatable bonds is 4. The molecule has 2 N–H and O–H groups in total. The van der Waals surface area contributed by atoms with E-state index < -0.39 is 0 Å². The molecule has 0 unspecified atom stereocenters. The van der Waals surface area contributed by atoms with Crippen LogP contribution in [0.4, 0.5) is 0 Å². The molecule has 1 aliphatic rings. The second kappa shape index (κ2) is 6.35. The Labute approximate surface area is 125 Å². The number of fused-ring (bicyclic) bond motifs is 1. The summed E-state index contributed by atoms with van der Waals surface area (Å²) in [5, 5.41) is 1.10. The average molecular weight is 282 g/mol. The van der Waals surface area contributed by atoms with Crippen LogP contribution in [0.1, 0.15) is 31.2 Å². The lowest BCUT2D eigenvalue weighted by Gasteiger charge is -2.26. The summed E-state index contributed by atoms with van der Waals surface area (Å²) >= 11 is 0. The number of benzene rings is 1. The summed E-state index contributed by atoms with van der Waals surface area (Å²) in [6.45, 7) is 0.760. The highest BCUT2D eigenvalue weighted by molar-refractivity contribution is 5.89. The van der Waals surface area contributed by atoms with E-state index in [4.69, 9.17) is 5.73 Å². The third-order valence-corrected chi connectivity index (χ3v) is 4.74. The number of para-hydroxylation sites is 1. The highest BCUT2D eigenvalue weighted by atomic mass is 16.1. The van der Waals surface area contributed by atoms with Crippen molar-refractivity contribution in [2.75, 3.05) is 6.54 Å². The number of hydrogen-bond donors (Lipinski definition) is 1. The van der Waals surface area contributed by atoms with Gasteiger partial charge in [0.1, 0.15) is 5.78 Å². The van der Waals surface area contributed by atoms with Gasteiger partial charge in [-0.1, -0.05) is 18.2 Å². The fourth-order valence-electron chi connectivity index (χ4n) is 3.36. The molecule has 110 valence electrons. The predicted molar refractivity (Wildman–Crippen MR) is 85.0 cm³/mol. The van der Waals surface area contributed by atoms with E-state index in [9.17, 15) is 4.79 Å². The van der Waals surface area contributed by atoms with Gasteiger partial charge in [0.2, 0.25) is 0 Å². The Hall–Kier alpha value is -1.74. The van der Waals surface area contributed by atoms with Crippen LogP contribution in [0.15, 0.2) is 36.5 Å². The second-order valence-electron chi connectivity index (χ2n) is 6.08. The van der Waals surface area contributed by atoms with E-state index in [1.165, 1.54) is 0 Å². The second-order valence-corrected chi connectivity index (χ2v) is 6.08. The standard InChI is InChI=1S/C18H22N2O/c19-12-13-5-7-14(8-6-13)18(21)11-15-9-10-20-17-4-2-1-3-16(15)17/h1-4,9-10,13-14H,5-8,11-12,19H2. The summed E-state index contributed by atoms with van der Waals surface area (Å²) in [6, 6.07) is 10.0. The van der Waals surface area contributed by atoms with E-state index in [0.29, 0.717) is 18.1 Å². The van der Waals surface area contributed by atoms with E-state index in [-0.39, 0.29) is 5.92 Å². The Bertz CT molecular complexity index is 625. The van der Waals surface area contributed by atoms with Crippen LogP contribution in [0.3, 0.4) is 0 Å². The van der Waals surface area contributed by atoms with Crippen molar-refractivity contribution in [3.05, 3.63) is 42.1 Å². The zero-order valence-electron chi connectivity index (χ0n) is 12.3. The zero-order chi connectivity index (χ0) is 14.7. The van der Waals surface area contributed by atoms with E-state index in [1.54, 1.807) is 6.20 Å². The Kier molecular flexibility index (Phi) is 4.30. The number of carbonyl (C=O) groups excluding carboxylic acids is 1. The third-order valence-electron chi connectivity index (χ3n) is 4.74. The smallest absolute Gasteiger partial charge is 0.140 e. The first kappa shape index (κ1) is 14.2. The maximum Gasteiger partial charge on any atom is 0.140 e. The van der Waals surface area contributed by atoms with Crippen LogP contribution >= 0.6 is 0 Å². The van der Waals surface area contributed by atoms with Crippen LogP contribution in [-0.2, 0) is 11.2 Å². The largest absolute Gasteiger partial charge is 0.330 e. The lowest BCUT2D eigenvalue weighted by Crippen LogP contribution is -2.26. The van der Waals surface area contributed by atoms with Crippen LogP contribution in [0.25, 0.3) is 10.9 Å². The van der Waals surface area contributed by atoms with Crippen molar-refractivity contribution >= 4 is 16.7 Å². The Morgan fingerprint density at radius 3 is 2.67 bits per heavy atom. The number of hydrogen-bond acceptors (Lipinski definition) is 3. The molecular formula is C18H22N2O. The lowest BCUT2D eigenvalue weighted by atomic mass is 9.79. The number of nitrogens with zero attached hydrogens (tertiary/aromatic N) is 1. The molecule has 0 radical (unpaired) electrons. The molecule has 2 aromatic rings. The Balaban J connectivity index is 1.72. The number of ketones is 1. The minimum absolute atomic E-state index is 0.222. The summed E-state index contributed by atoms with van der Waals surface area (Å²) in [4.78, 5) is 16.9. The molecular weight excluding hydrogens is 260 g/mol. The van der Waals surface area contributed by atoms with E-state index in [0.717, 1.165) is 48.7 Å². The van der Waals surface area contributed by atoms with Crippen molar-refractivity contribution in [2.45, 2.75) is 32.1 Å². The van der Waals surface area contributed by atoms with Crippen molar-refractivity contribution in [1.29, 1.82) is 0 Å². The van der Waals surface area contributed by atoms with Crippen molar-refractivity contribution < 1.29 is 4.79 Å². The van der Waals surface area contributed by atoms with E-state index in [1.807, 2.05) is 24.3 Å². The first-order valence-corrected chi connectivity index (χ1v) is 7.83. The minimum atomic E-state index is 0.222. The van der Waals surface area contributed by atoms with Crippen molar-refractivity contribution in [3.63, 3.8) is 0 Å². The summed E-state index contributed by atoms with van der Waals surface area (Å²) in [6.07, 6.45) is 6.54. The number of carbonyl (C=O) groups is 1. The van der Waals surface area contributed by atoms with Crippen LogP contribution in [-0.4, -0.2) is 17.3 Å². The van der Waals surface area contributed by atoms with Gasteiger partial charge in [-0.3, -0.25) is 9.78 Å². The molecule has 21 heavy (non-hydrogen) atoms. The molecule has 1 heterocycles. The summed E-state index contributed by atoms with van der Waals surface area (Å²) in [5.41, 5.74) is 7.79. The van der Waals surface area contributed by atoms with Gasteiger partial charge in [0.15, 0.2) is 0 Å². The van der Waals surface area contributed by atoms with E-state index >= 15 is 0 Å². The van der Waals surface area contributed by atoms with Gasteiger partial charge in [0.05, 0.1) is 5.52 Å². The lowest BCUT2D eigenvalue weighted by molar-refractivity contribution is -0.123. The van der Waals surface area contributed by atoms with Crippen molar-refractivity contribution in [3.8, 4) is 0 Å². The quantitative estimate of drug-likeness (QED) is 0.937. The molecule has 0 aliphatic heterocycles. The first-order valence-electron chi connectivity index (χ1n) is 7.83. The Morgan fingerprint density at radius 2 is 1.90 bits per heavy atom. The van der Waals surface area contributed by atoms with Gasteiger partial charge in [0.25, 0.3) is 0 Å². The minimum Gasteiger partial charge on any atom is -0.330 e. The highest BCUT2D eigenvalue weighted by Gasteiger charge is 2.25. The molecule has 1 aliphatic carbocycles. The number of aromatic nitrogens is 1. The van der Waals surface area contributed by atoms with E-state index in [2.05, 4.69) is 11.1 Å². The molecule has 3 nitrogen and oxygen atoms in total. The molecule has 3 heteroatoms. The molecule has 0 atom stereocenters. The topological polar surface area (TPSA) is 56.0 Å². The van der Waals surface area contributed by atoms with Gasteiger partial charge in [-0.25, -0.2) is 0 Å². The molecule has 3 rings (SSSR count). The molecule has 1 fully saturated rings. The summed E-state index contributed by atoms with van der Waals surface area (Å²) < 4.78 is 0. The monoisotopic (exact) mass is 282 g/mol. The van der Waals surface area contributed by atoms with Gasteiger partial charge in [-0.2, -0.15) is 0 Å². The summed E-state index contributed by atoms with van der Waals surface area (Å²) in [7, 11) is 0. The molecule has 1 aromatic carbocycles. The van der Waals surface area contributed by atoms with Gasteiger partial charge in [0, 0.05) is 23.9 Å². The maximum absolute atomic E-state index is 12.6. The van der Waals surface area contributed by atoms with Crippen molar-refractivity contribution in [1.82, 2.24) is 4.98 Å². The highest BCUT2D eigenvalue weighted by Crippen LogP contribution is 2.30. The molecule has 1 aromatic heterocycles. The average Bonchev–Trinajstić information content (AvgIpc) is 2.55. The van der Waals surface area contributed by atoms with Crippen LogP contribution < -0.4 is 5.73 Å². The summed E-state index contributed by atoms with van der Waals surface area (Å²) in [5.74, 6) is 1.22.